The fourth-order valence-electron chi connectivity index (χ4n) is 2.52. The second kappa shape index (κ2) is 4.53. The number of fused-ring (bicyclic) bond motifs is 1. The van der Waals surface area contributed by atoms with Gasteiger partial charge in [-0.2, -0.15) is 0 Å². The zero-order valence-electron chi connectivity index (χ0n) is 10.8. The average Bonchev–Trinajstić information content (AvgIpc) is 3.17. The van der Waals surface area contributed by atoms with E-state index in [1.165, 1.54) is 29.1 Å². The van der Waals surface area contributed by atoms with Crippen LogP contribution < -0.4 is 10.2 Å². The van der Waals surface area contributed by atoms with Crippen molar-refractivity contribution in [3.05, 3.63) is 40.9 Å². The maximum Gasteiger partial charge on any atom is 0.183 e. The van der Waals surface area contributed by atoms with Gasteiger partial charge in [-0.3, -0.25) is 0 Å². The molecular weight excluding hydrogens is 254 g/mol. The van der Waals surface area contributed by atoms with Crippen molar-refractivity contribution in [3.8, 4) is 0 Å². The Hall–Kier alpha value is -1.55. The molecule has 0 saturated heterocycles. The van der Waals surface area contributed by atoms with E-state index in [4.69, 9.17) is 4.98 Å². The summed E-state index contributed by atoms with van der Waals surface area (Å²) in [6.07, 6.45) is 3.67. The van der Waals surface area contributed by atoms with Crippen LogP contribution in [0.15, 0.2) is 30.3 Å². The molecule has 2 aliphatic rings. The predicted octanol–water partition coefficient (Wildman–Crippen LogP) is 3.28. The maximum absolute atomic E-state index is 4.74. The van der Waals surface area contributed by atoms with E-state index in [1.54, 1.807) is 0 Å². The lowest BCUT2D eigenvalue weighted by Crippen LogP contribution is -2.29. The van der Waals surface area contributed by atoms with Crippen LogP contribution in [0.5, 0.6) is 0 Å². The van der Waals surface area contributed by atoms with Gasteiger partial charge < -0.3 is 10.2 Å². The van der Waals surface area contributed by atoms with Crippen LogP contribution in [0, 0.1) is 0 Å². The number of aromatic nitrogens is 1. The Labute approximate surface area is 117 Å². The number of anilines is 2. The van der Waals surface area contributed by atoms with Gasteiger partial charge in [0.05, 0.1) is 12.2 Å². The third-order valence-electron chi connectivity index (χ3n) is 3.76. The minimum atomic E-state index is 0.692. The van der Waals surface area contributed by atoms with Crippen molar-refractivity contribution in [1.29, 1.82) is 0 Å². The molecule has 0 radical (unpaired) electrons. The van der Waals surface area contributed by atoms with Crippen LogP contribution in [0.3, 0.4) is 0 Å². The predicted molar refractivity (Wildman–Crippen MR) is 80.0 cm³/mol. The molecule has 3 nitrogen and oxygen atoms in total. The Morgan fingerprint density at radius 3 is 2.84 bits per heavy atom. The van der Waals surface area contributed by atoms with Crippen molar-refractivity contribution in [3.63, 3.8) is 0 Å². The lowest BCUT2D eigenvalue weighted by molar-refractivity contribution is 0.729. The van der Waals surface area contributed by atoms with Gasteiger partial charge in [0.25, 0.3) is 0 Å². The largest absolute Gasteiger partial charge is 0.366 e. The van der Waals surface area contributed by atoms with Gasteiger partial charge in [0.2, 0.25) is 0 Å². The summed E-state index contributed by atoms with van der Waals surface area (Å²) in [6, 6.07) is 11.4. The number of nitrogens with one attached hydrogen (secondary N) is 1. The highest BCUT2D eigenvalue weighted by Crippen LogP contribution is 2.33. The van der Waals surface area contributed by atoms with E-state index >= 15 is 0 Å². The molecule has 0 bridgehead atoms. The van der Waals surface area contributed by atoms with E-state index in [0.717, 1.165) is 24.6 Å². The third-order valence-corrected chi connectivity index (χ3v) is 4.77. The Morgan fingerprint density at radius 2 is 2.05 bits per heavy atom. The number of rotatable bonds is 3. The molecule has 1 aromatic carbocycles. The highest BCUT2D eigenvalue weighted by atomic mass is 32.1. The van der Waals surface area contributed by atoms with Crippen LogP contribution in [0.2, 0.25) is 0 Å². The monoisotopic (exact) mass is 271 g/mol. The molecule has 1 N–H and O–H groups in total. The number of nitrogens with zero attached hydrogens (tertiary/aromatic N) is 2. The van der Waals surface area contributed by atoms with Crippen LogP contribution >= 0.6 is 11.3 Å². The average molecular weight is 271 g/mol. The number of thiazole rings is 1. The van der Waals surface area contributed by atoms with Gasteiger partial charge in [-0.1, -0.05) is 29.5 Å². The summed E-state index contributed by atoms with van der Waals surface area (Å²) < 4.78 is 0. The summed E-state index contributed by atoms with van der Waals surface area (Å²) in [5, 5.41) is 4.64. The van der Waals surface area contributed by atoms with Crippen molar-refractivity contribution < 1.29 is 0 Å². The van der Waals surface area contributed by atoms with Crippen molar-refractivity contribution >= 4 is 22.2 Å². The van der Waals surface area contributed by atoms with Crippen molar-refractivity contribution in [1.82, 2.24) is 4.98 Å². The SMILES string of the molecule is c1ccc(N2CCc3nc(NC4CC4)sc3C2)cc1. The van der Waals surface area contributed by atoms with Crippen molar-refractivity contribution in [2.75, 3.05) is 16.8 Å². The van der Waals surface area contributed by atoms with Crippen LogP contribution in [0.4, 0.5) is 10.8 Å². The lowest BCUT2D eigenvalue weighted by Gasteiger charge is -2.28. The summed E-state index contributed by atoms with van der Waals surface area (Å²) in [7, 11) is 0. The second-order valence-electron chi connectivity index (χ2n) is 5.31. The van der Waals surface area contributed by atoms with Crippen LogP contribution in [0.25, 0.3) is 0 Å². The minimum absolute atomic E-state index is 0.692. The molecular formula is C15H17N3S. The van der Waals surface area contributed by atoms with Gasteiger partial charge in [0.1, 0.15) is 0 Å². The fraction of sp³-hybridized carbons (Fsp3) is 0.400. The molecule has 19 heavy (non-hydrogen) atoms. The molecule has 0 atom stereocenters. The van der Waals surface area contributed by atoms with E-state index in [2.05, 4.69) is 40.5 Å². The lowest BCUT2D eigenvalue weighted by atomic mass is 10.1. The molecule has 1 aromatic heterocycles. The zero-order valence-corrected chi connectivity index (χ0v) is 11.6. The van der Waals surface area contributed by atoms with Gasteiger partial charge in [-0.15, -0.1) is 0 Å². The van der Waals surface area contributed by atoms with E-state index in [-0.39, 0.29) is 0 Å². The molecule has 98 valence electrons. The molecule has 2 aromatic rings. The molecule has 2 heterocycles. The summed E-state index contributed by atoms with van der Waals surface area (Å²) in [5.41, 5.74) is 2.62. The van der Waals surface area contributed by atoms with Gasteiger partial charge in [-0.25, -0.2) is 4.98 Å². The van der Waals surface area contributed by atoms with Crippen molar-refractivity contribution in [2.45, 2.75) is 31.8 Å². The molecule has 0 spiro atoms. The summed E-state index contributed by atoms with van der Waals surface area (Å²) in [6.45, 7) is 2.08. The highest BCUT2D eigenvalue weighted by molar-refractivity contribution is 7.15. The molecule has 1 saturated carbocycles. The molecule has 1 aliphatic heterocycles. The van der Waals surface area contributed by atoms with Gasteiger partial charge in [-0.05, 0) is 25.0 Å². The Bertz CT molecular complexity index is 574. The van der Waals surface area contributed by atoms with Crippen LogP contribution in [-0.2, 0) is 13.0 Å². The Balaban J connectivity index is 1.54. The first-order valence-electron chi connectivity index (χ1n) is 6.93. The molecule has 4 heteroatoms. The molecule has 1 fully saturated rings. The Kier molecular flexibility index (Phi) is 2.69. The van der Waals surface area contributed by atoms with Gasteiger partial charge in [0.15, 0.2) is 5.13 Å². The molecule has 1 aliphatic carbocycles. The van der Waals surface area contributed by atoms with Crippen LogP contribution in [0.1, 0.15) is 23.4 Å². The van der Waals surface area contributed by atoms with E-state index in [9.17, 15) is 0 Å². The van der Waals surface area contributed by atoms with Gasteiger partial charge in [0, 0.05) is 29.6 Å². The summed E-state index contributed by atoms with van der Waals surface area (Å²) in [5.74, 6) is 0. The van der Waals surface area contributed by atoms with Crippen LogP contribution in [-0.4, -0.2) is 17.6 Å². The number of hydrogen-bond acceptors (Lipinski definition) is 4. The van der Waals surface area contributed by atoms with E-state index in [1.807, 2.05) is 11.3 Å². The normalized spacial score (nSPS) is 18.2. The first-order chi connectivity index (χ1) is 9.38. The van der Waals surface area contributed by atoms with Crippen molar-refractivity contribution in [2.24, 2.45) is 0 Å². The maximum atomic E-state index is 4.74. The third kappa shape index (κ3) is 2.32. The highest BCUT2D eigenvalue weighted by Gasteiger charge is 2.25. The minimum Gasteiger partial charge on any atom is -0.366 e. The second-order valence-corrected chi connectivity index (χ2v) is 6.40. The topological polar surface area (TPSA) is 28.2 Å². The number of benzene rings is 1. The number of para-hydroxylation sites is 1. The molecule has 0 unspecified atom stereocenters. The smallest absolute Gasteiger partial charge is 0.183 e. The zero-order chi connectivity index (χ0) is 12.7. The van der Waals surface area contributed by atoms with E-state index < -0.39 is 0 Å². The molecule has 0 amide bonds. The van der Waals surface area contributed by atoms with Gasteiger partial charge >= 0.3 is 0 Å². The first-order valence-corrected chi connectivity index (χ1v) is 7.75. The summed E-state index contributed by atoms with van der Waals surface area (Å²) >= 11 is 1.84. The van der Waals surface area contributed by atoms with E-state index in [0.29, 0.717) is 6.04 Å². The quantitative estimate of drug-likeness (QED) is 0.928. The fourth-order valence-corrected chi connectivity index (χ4v) is 3.62. The standard InChI is InChI=1S/C15H17N3S/c1-2-4-12(5-3-1)18-9-8-13-14(10-18)19-15(17-13)16-11-6-7-11/h1-5,11H,6-10H2,(H,16,17). The number of hydrogen-bond donors (Lipinski definition) is 1. The first kappa shape index (κ1) is 11.3. The Morgan fingerprint density at radius 1 is 1.21 bits per heavy atom. The summed E-state index contributed by atoms with van der Waals surface area (Å²) in [4.78, 5) is 8.61. The molecule has 4 rings (SSSR count).